The average molecular weight is 277 g/mol. The van der Waals surface area contributed by atoms with E-state index in [0.29, 0.717) is 13.0 Å². The molecule has 0 aromatic heterocycles. The minimum absolute atomic E-state index is 0.0505. The first-order chi connectivity index (χ1) is 9.59. The topological polar surface area (TPSA) is 47.6 Å². The summed E-state index contributed by atoms with van der Waals surface area (Å²) in [5.41, 5.74) is 0.616. The number of hydrogen-bond acceptors (Lipinski definition) is 4. The molecule has 0 amide bonds. The van der Waals surface area contributed by atoms with E-state index in [1.807, 2.05) is 45.2 Å². The van der Waals surface area contributed by atoms with Crippen LogP contribution in [0.15, 0.2) is 24.3 Å². The number of benzene rings is 1. The fourth-order valence-electron chi connectivity index (χ4n) is 2.69. The number of nitrogens with one attached hydrogen (secondary N) is 1. The Balaban J connectivity index is 2.00. The van der Waals surface area contributed by atoms with Gasteiger partial charge in [0, 0.05) is 6.42 Å². The van der Waals surface area contributed by atoms with Crippen LogP contribution in [-0.4, -0.2) is 31.3 Å². The first kappa shape index (κ1) is 14.9. The van der Waals surface area contributed by atoms with E-state index in [2.05, 4.69) is 5.32 Å². The van der Waals surface area contributed by atoms with E-state index in [1.54, 1.807) is 0 Å². The van der Waals surface area contributed by atoms with Crippen molar-refractivity contribution in [2.75, 3.05) is 13.7 Å². The zero-order valence-electron chi connectivity index (χ0n) is 12.4. The Hall–Kier alpha value is -1.55. The van der Waals surface area contributed by atoms with Gasteiger partial charge in [0.15, 0.2) is 0 Å². The SMILES string of the molecule is CCOC(=O)C1(NC)CCC(Oc2ccc(C)cc2)C1. The van der Waals surface area contributed by atoms with E-state index in [1.165, 1.54) is 5.56 Å². The van der Waals surface area contributed by atoms with Crippen LogP contribution in [0, 0.1) is 6.92 Å². The molecule has 0 radical (unpaired) electrons. The Bertz CT molecular complexity index is 457. The minimum atomic E-state index is -0.592. The van der Waals surface area contributed by atoms with Gasteiger partial charge < -0.3 is 14.8 Å². The summed E-state index contributed by atoms with van der Waals surface area (Å²) in [7, 11) is 1.81. The molecule has 1 aliphatic rings. The van der Waals surface area contributed by atoms with Crippen LogP contribution >= 0.6 is 0 Å². The number of ether oxygens (including phenoxy) is 2. The van der Waals surface area contributed by atoms with Crippen molar-refractivity contribution >= 4 is 5.97 Å². The van der Waals surface area contributed by atoms with Crippen LogP contribution in [0.5, 0.6) is 5.75 Å². The van der Waals surface area contributed by atoms with Crippen molar-refractivity contribution in [1.29, 1.82) is 0 Å². The summed E-state index contributed by atoms with van der Waals surface area (Å²) >= 11 is 0. The summed E-state index contributed by atoms with van der Waals surface area (Å²) in [6.07, 6.45) is 2.30. The van der Waals surface area contributed by atoms with Gasteiger partial charge in [0.2, 0.25) is 0 Å². The lowest BCUT2D eigenvalue weighted by molar-refractivity contribution is -0.151. The molecule has 110 valence electrons. The van der Waals surface area contributed by atoms with Crippen molar-refractivity contribution in [3.05, 3.63) is 29.8 Å². The van der Waals surface area contributed by atoms with Crippen LogP contribution in [0.4, 0.5) is 0 Å². The maximum atomic E-state index is 12.1. The molecular formula is C16H23NO3. The number of esters is 1. The molecule has 4 nitrogen and oxygen atoms in total. The molecule has 1 aliphatic carbocycles. The third-order valence-corrected chi connectivity index (χ3v) is 3.94. The molecular weight excluding hydrogens is 254 g/mol. The average Bonchev–Trinajstić information content (AvgIpc) is 2.86. The highest BCUT2D eigenvalue weighted by Gasteiger charge is 2.46. The van der Waals surface area contributed by atoms with E-state index in [4.69, 9.17) is 9.47 Å². The van der Waals surface area contributed by atoms with E-state index in [0.717, 1.165) is 18.6 Å². The minimum Gasteiger partial charge on any atom is -0.490 e. The molecule has 4 heteroatoms. The van der Waals surface area contributed by atoms with Gasteiger partial charge in [-0.2, -0.15) is 0 Å². The monoisotopic (exact) mass is 277 g/mol. The standard InChI is InChI=1S/C16H23NO3/c1-4-19-15(18)16(17-3)10-9-14(11-16)20-13-7-5-12(2)6-8-13/h5-8,14,17H,4,9-11H2,1-3H3. The molecule has 0 heterocycles. The number of carbonyl (C=O) groups excluding carboxylic acids is 1. The summed E-state index contributed by atoms with van der Waals surface area (Å²) in [5.74, 6) is 0.689. The Kier molecular flexibility index (Phi) is 4.65. The maximum Gasteiger partial charge on any atom is 0.326 e. The predicted molar refractivity (Wildman–Crippen MR) is 77.9 cm³/mol. The normalized spacial score (nSPS) is 25.4. The number of carbonyl (C=O) groups is 1. The summed E-state index contributed by atoms with van der Waals surface area (Å²) in [4.78, 5) is 12.1. The molecule has 0 saturated heterocycles. The fraction of sp³-hybridized carbons (Fsp3) is 0.562. The highest BCUT2D eigenvalue weighted by atomic mass is 16.5. The molecule has 1 N–H and O–H groups in total. The Morgan fingerprint density at radius 1 is 1.40 bits per heavy atom. The number of likely N-dealkylation sites (N-methyl/N-ethyl adjacent to an activating group) is 1. The first-order valence-electron chi connectivity index (χ1n) is 7.19. The molecule has 1 saturated carbocycles. The van der Waals surface area contributed by atoms with Gasteiger partial charge in [-0.1, -0.05) is 17.7 Å². The predicted octanol–water partition coefficient (Wildman–Crippen LogP) is 2.45. The molecule has 0 bridgehead atoms. The van der Waals surface area contributed by atoms with Crippen molar-refractivity contribution in [2.45, 2.75) is 44.8 Å². The van der Waals surface area contributed by atoms with Gasteiger partial charge in [0.05, 0.1) is 6.61 Å². The molecule has 0 spiro atoms. The highest BCUT2D eigenvalue weighted by Crippen LogP contribution is 2.33. The zero-order valence-corrected chi connectivity index (χ0v) is 12.4. The third kappa shape index (κ3) is 3.12. The molecule has 2 atom stereocenters. The summed E-state index contributed by atoms with van der Waals surface area (Å²) in [6, 6.07) is 8.00. The summed E-state index contributed by atoms with van der Waals surface area (Å²) in [6.45, 7) is 4.29. The second-order valence-corrected chi connectivity index (χ2v) is 5.35. The Morgan fingerprint density at radius 2 is 2.10 bits per heavy atom. The third-order valence-electron chi connectivity index (χ3n) is 3.94. The summed E-state index contributed by atoms with van der Waals surface area (Å²) < 4.78 is 11.1. The number of aryl methyl sites for hydroxylation is 1. The quantitative estimate of drug-likeness (QED) is 0.840. The van der Waals surface area contributed by atoms with Crippen LogP contribution in [0.1, 0.15) is 31.7 Å². The number of rotatable bonds is 5. The smallest absolute Gasteiger partial charge is 0.326 e. The van der Waals surface area contributed by atoms with E-state index in [-0.39, 0.29) is 12.1 Å². The lowest BCUT2D eigenvalue weighted by atomic mass is 9.98. The van der Waals surface area contributed by atoms with Gasteiger partial charge in [0.25, 0.3) is 0 Å². The molecule has 0 aliphatic heterocycles. The van der Waals surface area contributed by atoms with E-state index >= 15 is 0 Å². The van der Waals surface area contributed by atoms with Gasteiger partial charge in [-0.15, -0.1) is 0 Å². The van der Waals surface area contributed by atoms with Crippen molar-refractivity contribution in [2.24, 2.45) is 0 Å². The van der Waals surface area contributed by atoms with Crippen LogP contribution in [0.2, 0.25) is 0 Å². The van der Waals surface area contributed by atoms with E-state index in [9.17, 15) is 4.79 Å². The maximum absolute atomic E-state index is 12.1. The van der Waals surface area contributed by atoms with Crippen LogP contribution in [0.3, 0.4) is 0 Å². The van der Waals surface area contributed by atoms with Gasteiger partial charge >= 0.3 is 5.97 Å². The lowest BCUT2D eigenvalue weighted by Crippen LogP contribution is -2.49. The van der Waals surface area contributed by atoms with Crippen LogP contribution in [-0.2, 0) is 9.53 Å². The molecule has 2 rings (SSSR count). The second-order valence-electron chi connectivity index (χ2n) is 5.35. The molecule has 1 aromatic rings. The Morgan fingerprint density at radius 3 is 2.70 bits per heavy atom. The fourth-order valence-corrected chi connectivity index (χ4v) is 2.69. The molecule has 20 heavy (non-hydrogen) atoms. The van der Waals surface area contributed by atoms with Gasteiger partial charge in [-0.25, -0.2) is 0 Å². The van der Waals surface area contributed by atoms with Gasteiger partial charge in [-0.05, 0) is 45.9 Å². The van der Waals surface area contributed by atoms with Crippen LogP contribution in [0.25, 0.3) is 0 Å². The largest absolute Gasteiger partial charge is 0.490 e. The van der Waals surface area contributed by atoms with Crippen molar-refractivity contribution < 1.29 is 14.3 Å². The van der Waals surface area contributed by atoms with Crippen molar-refractivity contribution in [3.8, 4) is 5.75 Å². The summed E-state index contributed by atoms with van der Waals surface area (Å²) in [5, 5.41) is 3.13. The second kappa shape index (κ2) is 6.27. The molecule has 1 fully saturated rings. The number of hydrogen-bond donors (Lipinski definition) is 1. The molecule has 2 unspecified atom stereocenters. The van der Waals surface area contributed by atoms with Crippen molar-refractivity contribution in [1.82, 2.24) is 5.32 Å². The van der Waals surface area contributed by atoms with Crippen LogP contribution < -0.4 is 10.1 Å². The van der Waals surface area contributed by atoms with E-state index < -0.39 is 5.54 Å². The van der Waals surface area contributed by atoms with Crippen molar-refractivity contribution in [3.63, 3.8) is 0 Å². The Labute approximate surface area is 120 Å². The zero-order chi connectivity index (χ0) is 14.6. The van der Waals surface area contributed by atoms with Gasteiger partial charge in [-0.3, -0.25) is 4.79 Å². The highest BCUT2D eigenvalue weighted by molar-refractivity contribution is 5.81. The van der Waals surface area contributed by atoms with Gasteiger partial charge in [0.1, 0.15) is 17.4 Å². The lowest BCUT2D eigenvalue weighted by Gasteiger charge is -2.26. The first-order valence-corrected chi connectivity index (χ1v) is 7.19. The molecule has 1 aromatic carbocycles.